The molecule has 0 unspecified atom stereocenters. The van der Waals surface area contributed by atoms with E-state index in [-0.39, 0.29) is 0 Å². The first-order valence-electron chi connectivity index (χ1n) is 4.07. The van der Waals surface area contributed by atoms with E-state index < -0.39 is 0 Å². The van der Waals surface area contributed by atoms with Gasteiger partial charge in [0.1, 0.15) is 6.33 Å². The molecule has 0 spiro atoms. The van der Waals surface area contributed by atoms with E-state index in [0.717, 1.165) is 11.3 Å². The maximum Gasteiger partial charge on any atom is 0.199 e. The van der Waals surface area contributed by atoms with Crippen molar-refractivity contribution in [2.75, 3.05) is 0 Å². The van der Waals surface area contributed by atoms with E-state index in [1.165, 1.54) is 0 Å². The number of aromatic nitrogens is 3. The molecule has 3 nitrogen and oxygen atoms in total. The van der Waals surface area contributed by atoms with Crippen LogP contribution in [0, 0.1) is 11.7 Å². The van der Waals surface area contributed by atoms with Crippen LogP contribution in [0.25, 0.3) is 5.69 Å². The minimum Gasteiger partial charge on any atom is -0.273 e. The number of para-hydroxylation sites is 1. The van der Waals surface area contributed by atoms with Crippen molar-refractivity contribution in [3.05, 3.63) is 39.9 Å². The topological polar surface area (TPSA) is 33.6 Å². The van der Waals surface area contributed by atoms with E-state index in [2.05, 4.69) is 10.2 Å². The average molecular weight is 226 g/mol. The van der Waals surface area contributed by atoms with Gasteiger partial charge in [-0.15, -0.1) is 0 Å². The highest BCUT2D eigenvalue weighted by Gasteiger charge is 2.06. The summed E-state index contributed by atoms with van der Waals surface area (Å²) in [4.78, 5) is 0. The number of H-pyrrole nitrogens is 1. The fourth-order valence-corrected chi connectivity index (χ4v) is 1.84. The summed E-state index contributed by atoms with van der Waals surface area (Å²) in [5, 5.41) is 7.22. The summed E-state index contributed by atoms with van der Waals surface area (Å²) in [6.07, 6.45) is 1.62. The molecule has 2 rings (SSSR count). The Bertz CT molecular complexity index is 495. The minimum absolute atomic E-state index is 0.543. The summed E-state index contributed by atoms with van der Waals surface area (Å²) in [5.41, 5.74) is 1.95. The molecule has 0 saturated heterocycles. The van der Waals surface area contributed by atoms with Gasteiger partial charge in [-0.25, -0.2) is 0 Å². The number of rotatable bonds is 1. The maximum absolute atomic E-state index is 6.08. The van der Waals surface area contributed by atoms with E-state index in [0.29, 0.717) is 9.79 Å². The zero-order valence-corrected chi connectivity index (χ0v) is 9.06. The van der Waals surface area contributed by atoms with Crippen LogP contribution in [0.15, 0.2) is 24.5 Å². The van der Waals surface area contributed by atoms with E-state index >= 15 is 0 Å². The predicted molar refractivity (Wildman–Crippen MR) is 58.5 cm³/mol. The molecule has 1 heterocycles. The van der Waals surface area contributed by atoms with Gasteiger partial charge in [0.05, 0.1) is 10.7 Å². The van der Waals surface area contributed by atoms with Gasteiger partial charge in [0.15, 0.2) is 4.77 Å². The lowest BCUT2D eigenvalue weighted by molar-refractivity contribution is 1.02. The summed E-state index contributed by atoms with van der Waals surface area (Å²) in [5.74, 6) is 0. The third-order valence-corrected chi connectivity index (χ3v) is 2.57. The first-order chi connectivity index (χ1) is 6.70. The Hall–Kier alpha value is -1.13. The highest BCUT2D eigenvalue weighted by molar-refractivity contribution is 7.71. The molecular weight excluding hydrogens is 218 g/mol. The Labute approximate surface area is 91.3 Å². The monoisotopic (exact) mass is 225 g/mol. The second-order valence-electron chi connectivity index (χ2n) is 2.94. The Morgan fingerprint density at radius 2 is 2.29 bits per heavy atom. The molecule has 1 aromatic carbocycles. The summed E-state index contributed by atoms with van der Waals surface area (Å²) in [7, 11) is 0. The molecule has 0 aliphatic rings. The van der Waals surface area contributed by atoms with Gasteiger partial charge in [-0.05, 0) is 30.8 Å². The van der Waals surface area contributed by atoms with Gasteiger partial charge in [-0.3, -0.25) is 9.67 Å². The number of aryl methyl sites for hydroxylation is 1. The maximum atomic E-state index is 6.08. The molecule has 14 heavy (non-hydrogen) atoms. The van der Waals surface area contributed by atoms with E-state index in [4.69, 9.17) is 23.8 Å². The third-order valence-electron chi connectivity index (χ3n) is 1.98. The molecule has 0 saturated carbocycles. The standard InChI is InChI=1S/C9H8ClN3S/c1-6-3-2-4-7(10)8(6)13-5-11-12-9(13)14/h2-5H,1H3,(H,12,14). The molecular formula is C9H8ClN3S. The number of halogens is 1. The second-order valence-corrected chi connectivity index (χ2v) is 3.73. The molecule has 1 N–H and O–H groups in total. The lowest BCUT2D eigenvalue weighted by Crippen LogP contribution is -1.96. The van der Waals surface area contributed by atoms with Crippen molar-refractivity contribution in [3.63, 3.8) is 0 Å². The third kappa shape index (κ3) is 1.47. The van der Waals surface area contributed by atoms with Gasteiger partial charge in [-0.1, -0.05) is 23.7 Å². The number of nitrogens with zero attached hydrogens (tertiary/aromatic N) is 2. The smallest absolute Gasteiger partial charge is 0.199 e. The number of benzene rings is 1. The van der Waals surface area contributed by atoms with Crippen LogP contribution in [0.5, 0.6) is 0 Å². The van der Waals surface area contributed by atoms with Crippen LogP contribution in [0.3, 0.4) is 0 Å². The zero-order chi connectivity index (χ0) is 10.1. The Morgan fingerprint density at radius 1 is 1.50 bits per heavy atom. The highest BCUT2D eigenvalue weighted by atomic mass is 35.5. The molecule has 0 amide bonds. The summed E-state index contributed by atoms with van der Waals surface area (Å²) in [6, 6.07) is 5.72. The van der Waals surface area contributed by atoms with Crippen molar-refractivity contribution in [2.45, 2.75) is 6.92 Å². The summed E-state index contributed by atoms with van der Waals surface area (Å²) < 4.78 is 2.30. The first kappa shape index (κ1) is 9.43. The Kier molecular flexibility index (Phi) is 2.39. The van der Waals surface area contributed by atoms with E-state index in [1.807, 2.05) is 25.1 Å². The largest absolute Gasteiger partial charge is 0.273 e. The number of aromatic amines is 1. The summed E-state index contributed by atoms with van der Waals surface area (Å²) >= 11 is 11.2. The minimum atomic E-state index is 0.543. The second kappa shape index (κ2) is 3.55. The molecule has 0 radical (unpaired) electrons. The van der Waals surface area contributed by atoms with Crippen LogP contribution in [-0.4, -0.2) is 14.8 Å². The van der Waals surface area contributed by atoms with Crippen molar-refractivity contribution in [2.24, 2.45) is 0 Å². The first-order valence-corrected chi connectivity index (χ1v) is 4.86. The van der Waals surface area contributed by atoms with Gasteiger partial charge < -0.3 is 0 Å². The van der Waals surface area contributed by atoms with Crippen LogP contribution in [0.1, 0.15) is 5.56 Å². The summed E-state index contributed by atoms with van der Waals surface area (Å²) in [6.45, 7) is 1.98. The molecule has 5 heteroatoms. The molecule has 72 valence electrons. The SMILES string of the molecule is Cc1cccc(Cl)c1-n1cn[nH]c1=S. The molecule has 0 aliphatic carbocycles. The van der Waals surface area contributed by atoms with Crippen molar-refractivity contribution < 1.29 is 0 Å². The zero-order valence-electron chi connectivity index (χ0n) is 7.49. The van der Waals surface area contributed by atoms with Gasteiger partial charge in [0, 0.05) is 0 Å². The Balaban J connectivity index is 2.74. The lowest BCUT2D eigenvalue weighted by atomic mass is 10.2. The number of hydrogen-bond donors (Lipinski definition) is 1. The van der Waals surface area contributed by atoms with Crippen LogP contribution < -0.4 is 0 Å². The van der Waals surface area contributed by atoms with Crippen molar-refractivity contribution in [1.82, 2.24) is 14.8 Å². The fourth-order valence-electron chi connectivity index (χ4n) is 1.34. The predicted octanol–water partition coefficient (Wildman–Crippen LogP) is 2.89. The fraction of sp³-hybridized carbons (Fsp3) is 0.111. The molecule has 0 fully saturated rings. The molecule has 2 aromatic rings. The number of nitrogens with one attached hydrogen (secondary N) is 1. The molecule has 0 aliphatic heterocycles. The number of hydrogen-bond acceptors (Lipinski definition) is 2. The average Bonchev–Trinajstić information content (AvgIpc) is 2.52. The van der Waals surface area contributed by atoms with E-state index in [1.54, 1.807) is 10.9 Å². The molecule has 0 atom stereocenters. The van der Waals surface area contributed by atoms with Crippen molar-refractivity contribution in [1.29, 1.82) is 0 Å². The molecule has 1 aromatic heterocycles. The van der Waals surface area contributed by atoms with Gasteiger partial charge in [0.25, 0.3) is 0 Å². The van der Waals surface area contributed by atoms with Gasteiger partial charge >= 0.3 is 0 Å². The van der Waals surface area contributed by atoms with Gasteiger partial charge in [-0.2, -0.15) is 5.10 Å². The van der Waals surface area contributed by atoms with E-state index in [9.17, 15) is 0 Å². The normalized spacial score (nSPS) is 10.4. The lowest BCUT2D eigenvalue weighted by Gasteiger charge is -2.07. The Morgan fingerprint density at radius 3 is 2.86 bits per heavy atom. The van der Waals surface area contributed by atoms with Crippen molar-refractivity contribution in [3.8, 4) is 5.69 Å². The van der Waals surface area contributed by atoms with Crippen LogP contribution in [-0.2, 0) is 0 Å². The highest BCUT2D eigenvalue weighted by Crippen LogP contribution is 2.23. The van der Waals surface area contributed by atoms with Crippen LogP contribution in [0.2, 0.25) is 5.02 Å². The quantitative estimate of drug-likeness (QED) is 0.758. The van der Waals surface area contributed by atoms with Crippen molar-refractivity contribution >= 4 is 23.8 Å². The van der Waals surface area contributed by atoms with Crippen LogP contribution >= 0.6 is 23.8 Å². The molecule has 0 bridgehead atoms. The van der Waals surface area contributed by atoms with Crippen LogP contribution in [0.4, 0.5) is 0 Å². The van der Waals surface area contributed by atoms with Gasteiger partial charge in [0.2, 0.25) is 0 Å².